The molecule has 0 aliphatic carbocycles. The summed E-state index contributed by atoms with van der Waals surface area (Å²) in [5.74, 6) is -0.228. The quantitative estimate of drug-likeness (QED) is 0.528. The maximum atomic E-state index is 10.7. The fraction of sp³-hybridized carbons (Fsp3) is 0.176. The first-order valence-electron chi connectivity index (χ1n) is 7.25. The molecule has 6 nitrogen and oxygen atoms in total. The minimum atomic E-state index is -1.05. The van der Waals surface area contributed by atoms with E-state index in [9.17, 15) is 4.79 Å². The van der Waals surface area contributed by atoms with Crippen LogP contribution in [0, 0.1) is 0 Å². The number of benzene rings is 2. The van der Waals surface area contributed by atoms with E-state index in [4.69, 9.17) is 14.6 Å². The molecule has 0 aromatic heterocycles. The first kappa shape index (κ1) is 17.8. The van der Waals surface area contributed by atoms with E-state index >= 15 is 0 Å². The fourth-order valence-electron chi connectivity index (χ4n) is 1.86. The van der Waals surface area contributed by atoms with E-state index in [-0.39, 0.29) is 0 Å². The Hall–Kier alpha value is -2.54. The fourth-order valence-corrected chi connectivity index (χ4v) is 2.28. The van der Waals surface area contributed by atoms with Crippen molar-refractivity contribution >= 4 is 33.8 Å². The highest BCUT2D eigenvalue weighted by atomic mass is 79.9. The normalized spacial score (nSPS) is 10.6. The monoisotopic (exact) mass is 392 g/mol. The SMILES string of the molecule is CCOc1cc(/C=N/Nc2ccccc2)c(Br)cc1OCC(=O)O. The van der Waals surface area contributed by atoms with Gasteiger partial charge in [0.15, 0.2) is 18.1 Å². The average molecular weight is 393 g/mol. The predicted molar refractivity (Wildman–Crippen MR) is 96.1 cm³/mol. The van der Waals surface area contributed by atoms with Gasteiger partial charge in [-0.05, 0) is 47.1 Å². The van der Waals surface area contributed by atoms with Crippen molar-refractivity contribution in [2.24, 2.45) is 5.10 Å². The Balaban J connectivity index is 2.17. The molecule has 0 spiro atoms. The molecule has 0 atom stereocenters. The van der Waals surface area contributed by atoms with Crippen molar-refractivity contribution in [2.75, 3.05) is 18.6 Å². The number of nitrogens with one attached hydrogen (secondary N) is 1. The number of carboxylic acid groups (broad SMARTS) is 1. The second kappa shape index (κ2) is 8.93. The second-order valence-electron chi connectivity index (χ2n) is 4.67. The summed E-state index contributed by atoms with van der Waals surface area (Å²) in [7, 11) is 0. The minimum Gasteiger partial charge on any atom is -0.490 e. The highest BCUT2D eigenvalue weighted by molar-refractivity contribution is 9.10. The molecule has 2 rings (SSSR count). The standard InChI is InChI=1S/C17H17BrN2O4/c1-2-23-15-8-12(10-19-20-13-6-4-3-5-7-13)14(18)9-16(15)24-11-17(21)22/h3-10,20H,2,11H2,1H3,(H,21,22)/b19-10+. The summed E-state index contributed by atoms with van der Waals surface area (Å²) in [6.45, 7) is 1.84. The largest absolute Gasteiger partial charge is 0.490 e. The van der Waals surface area contributed by atoms with Crippen LogP contribution in [0.15, 0.2) is 52.0 Å². The van der Waals surface area contributed by atoms with Crippen LogP contribution in [-0.2, 0) is 4.79 Å². The van der Waals surface area contributed by atoms with Crippen molar-refractivity contribution in [3.8, 4) is 11.5 Å². The Morgan fingerprint density at radius 1 is 1.25 bits per heavy atom. The van der Waals surface area contributed by atoms with Gasteiger partial charge in [0.1, 0.15) is 0 Å². The third-order valence-corrected chi connectivity index (χ3v) is 3.57. The van der Waals surface area contributed by atoms with Gasteiger partial charge < -0.3 is 14.6 Å². The maximum Gasteiger partial charge on any atom is 0.341 e. The van der Waals surface area contributed by atoms with Gasteiger partial charge in [0.25, 0.3) is 0 Å². The molecular weight excluding hydrogens is 376 g/mol. The zero-order valence-electron chi connectivity index (χ0n) is 13.0. The first-order chi connectivity index (χ1) is 11.6. The zero-order valence-corrected chi connectivity index (χ0v) is 14.6. The number of carboxylic acids is 1. The lowest BCUT2D eigenvalue weighted by atomic mass is 10.2. The van der Waals surface area contributed by atoms with Gasteiger partial charge in [-0.25, -0.2) is 4.79 Å². The van der Waals surface area contributed by atoms with E-state index in [1.165, 1.54) is 0 Å². The Morgan fingerprint density at radius 2 is 1.96 bits per heavy atom. The van der Waals surface area contributed by atoms with Gasteiger partial charge in [-0.3, -0.25) is 5.43 Å². The van der Waals surface area contributed by atoms with Gasteiger partial charge in [0, 0.05) is 10.0 Å². The Kier molecular flexibility index (Phi) is 6.62. The molecule has 2 aromatic rings. The number of halogens is 1. The third-order valence-electron chi connectivity index (χ3n) is 2.89. The van der Waals surface area contributed by atoms with E-state index in [2.05, 4.69) is 26.5 Å². The number of ether oxygens (including phenoxy) is 2. The number of hydrazone groups is 1. The van der Waals surface area contributed by atoms with Crippen LogP contribution in [-0.4, -0.2) is 30.5 Å². The van der Waals surface area contributed by atoms with Gasteiger partial charge in [-0.1, -0.05) is 18.2 Å². The summed E-state index contributed by atoms with van der Waals surface area (Å²) in [4.78, 5) is 10.7. The molecule has 0 aliphatic heterocycles. The molecule has 24 heavy (non-hydrogen) atoms. The smallest absolute Gasteiger partial charge is 0.341 e. The van der Waals surface area contributed by atoms with E-state index in [1.54, 1.807) is 18.3 Å². The molecule has 0 radical (unpaired) electrons. The molecule has 0 unspecified atom stereocenters. The van der Waals surface area contributed by atoms with E-state index in [0.717, 1.165) is 11.3 Å². The van der Waals surface area contributed by atoms with Crippen LogP contribution >= 0.6 is 15.9 Å². The van der Waals surface area contributed by atoms with Crippen molar-refractivity contribution in [1.82, 2.24) is 0 Å². The van der Waals surface area contributed by atoms with Crippen LogP contribution in [0.5, 0.6) is 11.5 Å². The van der Waals surface area contributed by atoms with E-state index in [1.807, 2.05) is 37.3 Å². The van der Waals surface area contributed by atoms with Crippen LogP contribution in [0.4, 0.5) is 5.69 Å². The third kappa shape index (κ3) is 5.27. The molecule has 126 valence electrons. The lowest BCUT2D eigenvalue weighted by Gasteiger charge is -2.12. The number of hydrogen-bond acceptors (Lipinski definition) is 5. The Morgan fingerprint density at radius 3 is 2.62 bits per heavy atom. The van der Waals surface area contributed by atoms with E-state index in [0.29, 0.717) is 22.6 Å². The summed E-state index contributed by atoms with van der Waals surface area (Å²) in [5, 5.41) is 12.9. The molecular formula is C17H17BrN2O4. The number of carbonyl (C=O) groups is 1. The Labute approximate surface area is 148 Å². The van der Waals surface area contributed by atoms with Crippen LogP contribution in [0.3, 0.4) is 0 Å². The molecule has 0 saturated carbocycles. The highest BCUT2D eigenvalue weighted by Gasteiger charge is 2.11. The highest BCUT2D eigenvalue weighted by Crippen LogP contribution is 2.33. The van der Waals surface area contributed by atoms with Crippen LogP contribution < -0.4 is 14.9 Å². The maximum absolute atomic E-state index is 10.7. The van der Waals surface area contributed by atoms with Crippen molar-refractivity contribution < 1.29 is 19.4 Å². The number of para-hydroxylation sites is 1. The van der Waals surface area contributed by atoms with Crippen LogP contribution in [0.2, 0.25) is 0 Å². The van der Waals surface area contributed by atoms with Crippen LogP contribution in [0.25, 0.3) is 0 Å². The topological polar surface area (TPSA) is 80.1 Å². The summed E-state index contributed by atoms with van der Waals surface area (Å²) in [6, 6.07) is 13.0. The average Bonchev–Trinajstić information content (AvgIpc) is 2.57. The summed E-state index contributed by atoms with van der Waals surface area (Å²) >= 11 is 3.42. The van der Waals surface area contributed by atoms with Gasteiger partial charge in [-0.15, -0.1) is 0 Å². The molecule has 0 amide bonds. The number of aliphatic carboxylic acids is 1. The van der Waals surface area contributed by atoms with Gasteiger partial charge in [0.05, 0.1) is 18.5 Å². The number of nitrogens with zero attached hydrogens (tertiary/aromatic N) is 1. The molecule has 0 fully saturated rings. The van der Waals surface area contributed by atoms with Gasteiger partial charge in [0.2, 0.25) is 0 Å². The van der Waals surface area contributed by atoms with Crippen molar-refractivity contribution in [2.45, 2.75) is 6.92 Å². The zero-order chi connectivity index (χ0) is 17.4. The lowest BCUT2D eigenvalue weighted by Crippen LogP contribution is -2.10. The molecule has 0 saturated heterocycles. The second-order valence-corrected chi connectivity index (χ2v) is 5.53. The van der Waals surface area contributed by atoms with Gasteiger partial charge >= 0.3 is 5.97 Å². The summed E-state index contributed by atoms with van der Waals surface area (Å²) < 4.78 is 11.5. The van der Waals surface area contributed by atoms with Crippen molar-refractivity contribution in [1.29, 1.82) is 0 Å². The summed E-state index contributed by atoms with van der Waals surface area (Å²) in [5.41, 5.74) is 4.57. The minimum absolute atomic E-state index is 0.360. The van der Waals surface area contributed by atoms with Crippen LogP contribution in [0.1, 0.15) is 12.5 Å². The molecule has 0 aliphatic rings. The number of anilines is 1. The molecule has 2 aromatic carbocycles. The lowest BCUT2D eigenvalue weighted by molar-refractivity contribution is -0.139. The van der Waals surface area contributed by atoms with Crippen molar-refractivity contribution in [3.63, 3.8) is 0 Å². The summed E-state index contributed by atoms with van der Waals surface area (Å²) in [6.07, 6.45) is 1.64. The predicted octanol–water partition coefficient (Wildman–Crippen LogP) is 3.76. The van der Waals surface area contributed by atoms with Gasteiger partial charge in [-0.2, -0.15) is 5.10 Å². The molecule has 7 heteroatoms. The molecule has 0 heterocycles. The number of hydrogen-bond donors (Lipinski definition) is 2. The molecule has 2 N–H and O–H groups in total. The molecule has 0 bridgehead atoms. The number of rotatable bonds is 8. The first-order valence-corrected chi connectivity index (χ1v) is 8.04. The van der Waals surface area contributed by atoms with E-state index < -0.39 is 12.6 Å². The van der Waals surface area contributed by atoms with Crippen molar-refractivity contribution in [3.05, 3.63) is 52.5 Å². The Bertz CT molecular complexity index is 720.